The van der Waals surface area contributed by atoms with Crippen molar-refractivity contribution < 1.29 is 13.9 Å². The van der Waals surface area contributed by atoms with Crippen molar-refractivity contribution in [3.63, 3.8) is 0 Å². The minimum Gasteiger partial charge on any atom is -0.496 e. The number of methoxy groups -OCH3 is 1. The van der Waals surface area contributed by atoms with Crippen molar-refractivity contribution in [3.05, 3.63) is 65.5 Å². The fourth-order valence-electron chi connectivity index (χ4n) is 3.98. The number of piperidine rings is 1. The van der Waals surface area contributed by atoms with Crippen molar-refractivity contribution >= 4 is 5.91 Å². The molecule has 2 aromatic rings. The van der Waals surface area contributed by atoms with Crippen LogP contribution in [0.3, 0.4) is 0 Å². The van der Waals surface area contributed by atoms with Crippen LogP contribution in [0.25, 0.3) is 0 Å². The van der Waals surface area contributed by atoms with Gasteiger partial charge in [0.2, 0.25) is 5.91 Å². The zero-order chi connectivity index (χ0) is 20.6. The highest BCUT2D eigenvalue weighted by Gasteiger charge is 2.22. The van der Waals surface area contributed by atoms with E-state index in [-0.39, 0.29) is 11.7 Å². The molecule has 1 aliphatic heterocycles. The number of amides is 1. The second kappa shape index (κ2) is 10.4. The Bertz CT molecular complexity index is 786. The summed E-state index contributed by atoms with van der Waals surface area (Å²) in [7, 11) is 3.60. The van der Waals surface area contributed by atoms with Crippen molar-refractivity contribution in [1.82, 2.24) is 9.80 Å². The predicted molar refractivity (Wildman–Crippen MR) is 114 cm³/mol. The number of hydrogen-bond donors (Lipinski definition) is 0. The summed E-state index contributed by atoms with van der Waals surface area (Å²) in [4.78, 5) is 16.8. The summed E-state index contributed by atoms with van der Waals surface area (Å²) in [5.74, 6) is 1.32. The molecule has 29 heavy (non-hydrogen) atoms. The third kappa shape index (κ3) is 6.29. The first kappa shape index (κ1) is 21.3. The molecule has 1 fully saturated rings. The van der Waals surface area contributed by atoms with Crippen molar-refractivity contribution in [2.75, 3.05) is 40.3 Å². The molecule has 0 saturated carbocycles. The number of likely N-dealkylation sites (N-methyl/N-ethyl adjacent to an activating group) is 1. The fraction of sp³-hybridized carbons (Fsp3) is 0.458. The van der Waals surface area contributed by atoms with E-state index in [1.54, 1.807) is 19.2 Å². The number of likely N-dealkylation sites (tertiary alicyclic amines) is 1. The van der Waals surface area contributed by atoms with E-state index in [2.05, 4.69) is 17.0 Å². The van der Waals surface area contributed by atoms with Crippen LogP contribution in [-0.2, 0) is 17.6 Å². The van der Waals surface area contributed by atoms with Gasteiger partial charge >= 0.3 is 0 Å². The minimum atomic E-state index is -0.271. The summed E-state index contributed by atoms with van der Waals surface area (Å²) < 4.78 is 18.4. The van der Waals surface area contributed by atoms with Crippen LogP contribution in [0.1, 0.15) is 24.0 Å². The van der Waals surface area contributed by atoms with Crippen LogP contribution < -0.4 is 4.74 Å². The number of rotatable bonds is 8. The van der Waals surface area contributed by atoms with E-state index in [0.29, 0.717) is 12.3 Å². The van der Waals surface area contributed by atoms with Crippen LogP contribution >= 0.6 is 0 Å². The molecule has 3 rings (SSSR count). The lowest BCUT2D eigenvalue weighted by molar-refractivity contribution is -0.129. The Kier molecular flexibility index (Phi) is 7.64. The highest BCUT2D eigenvalue weighted by Crippen LogP contribution is 2.21. The standard InChI is InChI=1S/C24H31FN2O2/c1-26(24(28)17-19-7-9-22(25)10-8-19)18-20-11-14-27(15-12-20)16-13-21-5-3-4-6-23(21)29-2/h3-10,20H,11-18H2,1-2H3. The summed E-state index contributed by atoms with van der Waals surface area (Å²) in [6.07, 6.45) is 3.54. The number of ether oxygens (including phenoxy) is 1. The lowest BCUT2D eigenvalue weighted by Gasteiger charge is -2.34. The summed E-state index contributed by atoms with van der Waals surface area (Å²) in [5.41, 5.74) is 2.11. The molecule has 0 aliphatic carbocycles. The summed E-state index contributed by atoms with van der Waals surface area (Å²) in [6, 6.07) is 14.4. The molecule has 5 heteroatoms. The van der Waals surface area contributed by atoms with Gasteiger partial charge in [-0.25, -0.2) is 4.39 Å². The predicted octanol–water partition coefficient (Wildman–Crippen LogP) is 3.79. The molecule has 1 aliphatic rings. The molecule has 0 N–H and O–H groups in total. The van der Waals surface area contributed by atoms with Gasteiger partial charge in [-0.2, -0.15) is 0 Å². The number of para-hydroxylation sites is 1. The Morgan fingerprint density at radius 3 is 2.52 bits per heavy atom. The normalized spacial score (nSPS) is 15.3. The molecule has 2 aromatic carbocycles. The van der Waals surface area contributed by atoms with Gasteiger partial charge in [0.15, 0.2) is 0 Å². The maximum atomic E-state index is 13.0. The first-order valence-electron chi connectivity index (χ1n) is 10.4. The number of hydrogen-bond acceptors (Lipinski definition) is 3. The van der Waals surface area contributed by atoms with E-state index in [9.17, 15) is 9.18 Å². The van der Waals surface area contributed by atoms with Crippen molar-refractivity contribution in [2.45, 2.75) is 25.7 Å². The molecule has 0 bridgehead atoms. The lowest BCUT2D eigenvalue weighted by atomic mass is 9.95. The smallest absolute Gasteiger partial charge is 0.226 e. The van der Waals surface area contributed by atoms with E-state index in [0.717, 1.165) is 56.8 Å². The van der Waals surface area contributed by atoms with E-state index < -0.39 is 0 Å². The Balaban J connectivity index is 1.39. The molecular formula is C24H31FN2O2. The summed E-state index contributed by atoms with van der Waals surface area (Å²) >= 11 is 0. The third-order valence-corrected chi connectivity index (χ3v) is 5.82. The molecule has 0 atom stereocenters. The number of benzene rings is 2. The molecule has 0 unspecified atom stereocenters. The van der Waals surface area contributed by atoms with Gasteiger partial charge in [-0.15, -0.1) is 0 Å². The Morgan fingerprint density at radius 1 is 1.14 bits per heavy atom. The van der Waals surface area contributed by atoms with E-state index in [1.165, 1.54) is 17.7 Å². The van der Waals surface area contributed by atoms with Gasteiger partial charge in [-0.3, -0.25) is 4.79 Å². The van der Waals surface area contributed by atoms with Crippen molar-refractivity contribution in [3.8, 4) is 5.75 Å². The first-order valence-corrected chi connectivity index (χ1v) is 10.4. The molecule has 0 radical (unpaired) electrons. The summed E-state index contributed by atoms with van der Waals surface area (Å²) in [5, 5.41) is 0. The monoisotopic (exact) mass is 398 g/mol. The molecule has 1 heterocycles. The molecular weight excluding hydrogens is 367 g/mol. The van der Waals surface area contributed by atoms with Crippen LogP contribution in [0.2, 0.25) is 0 Å². The van der Waals surface area contributed by atoms with Gasteiger partial charge in [0.25, 0.3) is 0 Å². The highest BCUT2D eigenvalue weighted by molar-refractivity contribution is 5.78. The van der Waals surface area contributed by atoms with Gasteiger partial charge in [-0.05, 0) is 67.6 Å². The maximum Gasteiger partial charge on any atom is 0.226 e. The minimum absolute atomic E-state index is 0.0928. The second-order valence-corrected chi connectivity index (χ2v) is 7.92. The second-order valence-electron chi connectivity index (χ2n) is 7.92. The molecule has 4 nitrogen and oxygen atoms in total. The average molecular weight is 399 g/mol. The highest BCUT2D eigenvalue weighted by atomic mass is 19.1. The quantitative estimate of drug-likeness (QED) is 0.678. The maximum absolute atomic E-state index is 13.0. The fourth-order valence-corrected chi connectivity index (χ4v) is 3.98. The van der Waals surface area contributed by atoms with Gasteiger partial charge in [-0.1, -0.05) is 30.3 Å². The van der Waals surface area contributed by atoms with Gasteiger partial charge in [0.05, 0.1) is 13.5 Å². The molecule has 156 valence electrons. The Morgan fingerprint density at radius 2 is 1.83 bits per heavy atom. The number of halogens is 1. The van der Waals surface area contributed by atoms with Crippen LogP contribution in [0.15, 0.2) is 48.5 Å². The van der Waals surface area contributed by atoms with Crippen molar-refractivity contribution in [2.24, 2.45) is 5.92 Å². The van der Waals surface area contributed by atoms with E-state index in [4.69, 9.17) is 4.74 Å². The van der Waals surface area contributed by atoms with Crippen LogP contribution in [0.5, 0.6) is 5.75 Å². The zero-order valence-electron chi connectivity index (χ0n) is 17.4. The van der Waals surface area contributed by atoms with Crippen molar-refractivity contribution in [1.29, 1.82) is 0 Å². The zero-order valence-corrected chi connectivity index (χ0v) is 17.4. The molecule has 0 spiro atoms. The van der Waals surface area contributed by atoms with Crippen LogP contribution in [-0.4, -0.2) is 56.0 Å². The molecule has 1 amide bonds. The SMILES string of the molecule is COc1ccccc1CCN1CCC(CN(C)C(=O)Cc2ccc(F)cc2)CC1. The van der Waals surface area contributed by atoms with Gasteiger partial charge in [0, 0.05) is 20.1 Å². The Labute approximate surface area is 173 Å². The molecule has 1 saturated heterocycles. The third-order valence-electron chi connectivity index (χ3n) is 5.82. The topological polar surface area (TPSA) is 32.8 Å². The largest absolute Gasteiger partial charge is 0.496 e. The number of carbonyl (C=O) groups is 1. The van der Waals surface area contributed by atoms with Gasteiger partial charge in [0.1, 0.15) is 11.6 Å². The Hall–Kier alpha value is -2.40. The van der Waals surface area contributed by atoms with Gasteiger partial charge < -0.3 is 14.5 Å². The average Bonchev–Trinajstić information content (AvgIpc) is 2.75. The molecule has 0 aromatic heterocycles. The first-order chi connectivity index (χ1) is 14.0. The lowest BCUT2D eigenvalue weighted by Crippen LogP contribution is -2.40. The van der Waals surface area contributed by atoms with Crippen LogP contribution in [0.4, 0.5) is 4.39 Å². The number of carbonyl (C=O) groups excluding carboxylic acids is 1. The number of nitrogens with zero attached hydrogens (tertiary/aromatic N) is 2. The summed E-state index contributed by atoms with van der Waals surface area (Å²) in [6.45, 7) is 3.96. The van der Waals surface area contributed by atoms with E-state index >= 15 is 0 Å². The van der Waals surface area contributed by atoms with E-state index in [1.807, 2.05) is 24.1 Å². The van der Waals surface area contributed by atoms with Crippen LogP contribution in [0, 0.1) is 11.7 Å².